The minimum Gasteiger partial charge on any atom is -0.496 e. The molecule has 0 atom stereocenters. The zero-order valence-corrected chi connectivity index (χ0v) is 24.8. The maximum Gasteiger partial charge on any atom is 0.270 e. The Bertz CT molecular complexity index is 1390. The van der Waals surface area contributed by atoms with Crippen LogP contribution in [0.5, 0.6) is 28.7 Å². The zero-order chi connectivity index (χ0) is 30.1. The van der Waals surface area contributed by atoms with Gasteiger partial charge in [0.15, 0.2) is 28.1 Å². The van der Waals surface area contributed by atoms with Gasteiger partial charge in [-0.25, -0.2) is 4.98 Å². The molecule has 0 fully saturated rings. The van der Waals surface area contributed by atoms with Gasteiger partial charge >= 0.3 is 0 Å². The summed E-state index contributed by atoms with van der Waals surface area (Å²) in [7, 11) is 7.41. The van der Waals surface area contributed by atoms with E-state index in [9.17, 15) is 14.4 Å². The van der Waals surface area contributed by atoms with Crippen molar-refractivity contribution in [1.29, 1.82) is 0 Å². The normalized spacial score (nSPS) is 10.5. The lowest BCUT2D eigenvalue weighted by molar-refractivity contribution is 0.0699. The number of nitrogens with zero attached hydrogens (tertiary/aromatic N) is 2. The van der Waals surface area contributed by atoms with E-state index in [-0.39, 0.29) is 47.2 Å². The van der Waals surface area contributed by atoms with E-state index in [1.54, 1.807) is 29.2 Å². The van der Waals surface area contributed by atoms with Crippen LogP contribution in [0.3, 0.4) is 0 Å². The zero-order valence-electron chi connectivity index (χ0n) is 24.0. The molecule has 1 aromatic heterocycles. The van der Waals surface area contributed by atoms with Crippen LogP contribution in [0.4, 0.5) is 5.13 Å². The quantitative estimate of drug-likeness (QED) is 0.307. The molecule has 3 aromatic rings. The number of carbonyl (C=O) groups is 3. The van der Waals surface area contributed by atoms with Gasteiger partial charge in [-0.3, -0.25) is 19.7 Å². The van der Waals surface area contributed by atoms with Crippen molar-refractivity contribution < 1.29 is 38.1 Å². The molecule has 0 radical (unpaired) electrons. The Hall–Kier alpha value is -4.52. The Balaban J connectivity index is 1.63. The van der Waals surface area contributed by atoms with Crippen LogP contribution in [-0.2, 0) is 0 Å². The molecule has 0 spiro atoms. The van der Waals surface area contributed by atoms with Gasteiger partial charge < -0.3 is 33.9 Å². The highest BCUT2D eigenvalue weighted by molar-refractivity contribution is 7.14. The van der Waals surface area contributed by atoms with Crippen molar-refractivity contribution in [3.63, 3.8) is 0 Å². The number of carbonyl (C=O) groups excluding carboxylic acids is 3. The number of rotatable bonds is 13. The maximum atomic E-state index is 13.2. The predicted octanol–water partition coefficient (Wildman–Crippen LogP) is 3.72. The second-order valence-electron chi connectivity index (χ2n) is 8.82. The van der Waals surface area contributed by atoms with Crippen LogP contribution in [0.1, 0.15) is 45.1 Å². The number of benzene rings is 2. The first-order valence-corrected chi connectivity index (χ1v) is 13.4. The van der Waals surface area contributed by atoms with Crippen LogP contribution in [0.15, 0.2) is 35.7 Å². The van der Waals surface area contributed by atoms with E-state index >= 15 is 0 Å². The fourth-order valence-electron chi connectivity index (χ4n) is 3.92. The van der Waals surface area contributed by atoms with Gasteiger partial charge in [0.1, 0.15) is 11.4 Å². The van der Waals surface area contributed by atoms with Gasteiger partial charge in [-0.15, -0.1) is 11.3 Å². The maximum absolute atomic E-state index is 13.2. The number of methoxy groups -OCH3 is 5. The third-order valence-corrected chi connectivity index (χ3v) is 6.82. The number of anilines is 1. The largest absolute Gasteiger partial charge is 0.496 e. The van der Waals surface area contributed by atoms with E-state index in [4.69, 9.17) is 23.7 Å². The van der Waals surface area contributed by atoms with Crippen molar-refractivity contribution in [2.24, 2.45) is 0 Å². The Morgan fingerprint density at radius 1 is 0.829 bits per heavy atom. The van der Waals surface area contributed by atoms with Crippen molar-refractivity contribution in [2.75, 3.05) is 54.0 Å². The minimum atomic E-state index is -0.495. The minimum absolute atomic E-state index is 0.123. The topological polar surface area (TPSA) is 138 Å². The van der Waals surface area contributed by atoms with Crippen LogP contribution in [-0.4, -0.2) is 82.3 Å². The van der Waals surface area contributed by atoms with Crippen LogP contribution in [0.2, 0.25) is 0 Å². The molecule has 3 rings (SSSR count). The molecule has 0 aliphatic rings. The van der Waals surface area contributed by atoms with Gasteiger partial charge in [-0.1, -0.05) is 0 Å². The van der Waals surface area contributed by atoms with E-state index in [0.717, 1.165) is 11.3 Å². The second kappa shape index (κ2) is 14.2. The third kappa shape index (κ3) is 7.37. The summed E-state index contributed by atoms with van der Waals surface area (Å²) in [5, 5.41) is 7.22. The van der Waals surface area contributed by atoms with Gasteiger partial charge in [-0.05, 0) is 32.0 Å². The van der Waals surface area contributed by atoms with Crippen LogP contribution < -0.4 is 34.3 Å². The molecule has 0 aliphatic carbocycles. The van der Waals surface area contributed by atoms with Crippen LogP contribution >= 0.6 is 11.3 Å². The average Bonchev–Trinajstić information content (AvgIpc) is 3.45. The van der Waals surface area contributed by atoms with Crippen molar-refractivity contribution in [2.45, 2.75) is 19.9 Å². The molecule has 0 saturated heterocycles. The summed E-state index contributed by atoms with van der Waals surface area (Å²) in [6, 6.07) is 7.88. The van der Waals surface area contributed by atoms with Crippen LogP contribution in [0, 0.1) is 0 Å². The molecule has 1 heterocycles. The number of ether oxygens (including phenoxy) is 5. The van der Waals surface area contributed by atoms with Crippen molar-refractivity contribution in [3.05, 3.63) is 52.5 Å². The lowest BCUT2D eigenvalue weighted by atomic mass is 10.1. The fourth-order valence-corrected chi connectivity index (χ4v) is 4.60. The molecule has 0 saturated carbocycles. The van der Waals surface area contributed by atoms with E-state index in [2.05, 4.69) is 15.6 Å². The average molecular weight is 587 g/mol. The number of hydrogen-bond donors (Lipinski definition) is 2. The van der Waals surface area contributed by atoms with Gasteiger partial charge in [0.05, 0.1) is 41.1 Å². The summed E-state index contributed by atoms with van der Waals surface area (Å²) in [4.78, 5) is 44.7. The van der Waals surface area contributed by atoms with Gasteiger partial charge in [0.2, 0.25) is 0 Å². The molecular weight excluding hydrogens is 552 g/mol. The molecule has 41 heavy (non-hydrogen) atoms. The lowest BCUT2D eigenvalue weighted by Crippen LogP contribution is -2.42. The van der Waals surface area contributed by atoms with Gasteiger partial charge in [0.25, 0.3) is 17.7 Å². The molecule has 2 N–H and O–H groups in total. The highest BCUT2D eigenvalue weighted by Gasteiger charge is 2.22. The number of amides is 3. The first-order valence-electron chi connectivity index (χ1n) is 12.5. The molecule has 220 valence electrons. The molecule has 3 amide bonds. The summed E-state index contributed by atoms with van der Waals surface area (Å²) in [5.74, 6) is 0.887. The number of hydrogen-bond acceptors (Lipinski definition) is 10. The SMILES string of the molecule is COc1ccc(C(=O)N(CCNC(=O)c2csc(NC(=O)c3cc(OC)c(OC)cc3OC)n2)C(C)C)cc1OC. The molecule has 0 unspecified atom stereocenters. The fraction of sp³-hybridized carbons (Fsp3) is 0.357. The monoisotopic (exact) mass is 586 g/mol. The number of nitrogens with one attached hydrogen (secondary N) is 2. The highest BCUT2D eigenvalue weighted by Crippen LogP contribution is 2.35. The van der Waals surface area contributed by atoms with Crippen molar-refractivity contribution >= 4 is 34.2 Å². The Morgan fingerprint density at radius 2 is 1.44 bits per heavy atom. The van der Waals surface area contributed by atoms with E-state index in [1.807, 2.05) is 13.8 Å². The van der Waals surface area contributed by atoms with Crippen molar-refractivity contribution in [1.82, 2.24) is 15.2 Å². The Labute approximate surface area is 242 Å². The summed E-state index contributed by atoms with van der Waals surface area (Å²) in [5.41, 5.74) is 0.778. The molecule has 2 aromatic carbocycles. The molecule has 13 heteroatoms. The molecule has 0 aliphatic heterocycles. The second-order valence-corrected chi connectivity index (χ2v) is 9.68. The van der Waals surface area contributed by atoms with Gasteiger partial charge in [0, 0.05) is 42.2 Å². The van der Waals surface area contributed by atoms with E-state index in [1.165, 1.54) is 47.0 Å². The Kier molecular flexibility index (Phi) is 10.8. The number of aromatic nitrogens is 1. The standard InChI is InChI=1S/C28H34N4O8S/c1-16(2)32(27(35)17-8-9-20(36-3)22(12-17)38-5)11-10-29-26(34)19-15-41-28(30-19)31-25(33)18-13-23(39-6)24(40-7)14-21(18)37-4/h8-9,12-16H,10-11H2,1-7H3,(H,29,34)(H,30,31,33). The van der Waals surface area contributed by atoms with Crippen molar-refractivity contribution in [3.8, 4) is 28.7 Å². The Morgan fingerprint density at radius 3 is 2.05 bits per heavy atom. The molecule has 0 bridgehead atoms. The van der Waals surface area contributed by atoms with E-state index < -0.39 is 11.8 Å². The molecular formula is C28H34N4O8S. The van der Waals surface area contributed by atoms with Crippen LogP contribution in [0.25, 0.3) is 0 Å². The highest BCUT2D eigenvalue weighted by atomic mass is 32.1. The third-order valence-electron chi connectivity index (χ3n) is 6.06. The smallest absolute Gasteiger partial charge is 0.270 e. The summed E-state index contributed by atoms with van der Waals surface area (Å²) in [6.45, 7) is 4.24. The van der Waals surface area contributed by atoms with E-state index in [0.29, 0.717) is 28.6 Å². The molecule has 12 nitrogen and oxygen atoms in total. The first kappa shape index (κ1) is 31.0. The summed E-state index contributed by atoms with van der Waals surface area (Å²) >= 11 is 1.10. The number of thiazole rings is 1. The van der Waals surface area contributed by atoms with Gasteiger partial charge in [-0.2, -0.15) is 0 Å². The summed E-state index contributed by atoms with van der Waals surface area (Å²) < 4.78 is 26.4. The predicted molar refractivity (Wildman–Crippen MR) is 154 cm³/mol. The summed E-state index contributed by atoms with van der Waals surface area (Å²) in [6.07, 6.45) is 0. The lowest BCUT2D eigenvalue weighted by Gasteiger charge is -2.27. The first-order chi connectivity index (χ1) is 19.7.